The summed E-state index contributed by atoms with van der Waals surface area (Å²) in [7, 11) is 0. The number of carbonyl (C=O) groups excluding carboxylic acids is 1. The van der Waals surface area contributed by atoms with Gasteiger partial charge >= 0.3 is 5.97 Å². The predicted molar refractivity (Wildman–Crippen MR) is 116 cm³/mol. The van der Waals surface area contributed by atoms with Gasteiger partial charge in [-0.15, -0.1) is 0 Å². The maximum absolute atomic E-state index is 11.7. The molecule has 1 rings (SSSR count). The monoisotopic (exact) mass is 391 g/mol. The summed E-state index contributed by atoms with van der Waals surface area (Å²) in [5, 5.41) is 12.4. The molecule has 0 saturated carbocycles. The van der Waals surface area contributed by atoms with Crippen molar-refractivity contribution in [2.45, 2.75) is 105 Å². The summed E-state index contributed by atoms with van der Waals surface area (Å²) < 4.78 is 5.01. The Bertz CT molecular complexity index is 608. The standard InChI is InChI=1S/C24H41NO3/c1-10-28-23(26)12-11-18(8)25(27)19(9)24-21(16(4)5)13-20(15(2)3)14-22(24)17(6)7/h13-19,27H,10-12H2,1-9H3. The Kier molecular flexibility index (Phi) is 9.65. The van der Waals surface area contributed by atoms with E-state index < -0.39 is 0 Å². The Morgan fingerprint density at radius 3 is 1.86 bits per heavy atom. The van der Waals surface area contributed by atoms with Gasteiger partial charge in [0, 0.05) is 12.5 Å². The maximum atomic E-state index is 11.7. The molecule has 1 aromatic carbocycles. The molecular weight excluding hydrogens is 350 g/mol. The minimum atomic E-state index is -0.206. The third-order valence-corrected chi connectivity index (χ3v) is 5.51. The van der Waals surface area contributed by atoms with Gasteiger partial charge in [0.25, 0.3) is 0 Å². The number of esters is 1. The molecule has 0 aliphatic rings. The molecule has 0 heterocycles. The molecule has 4 heteroatoms. The highest BCUT2D eigenvalue weighted by molar-refractivity contribution is 5.69. The largest absolute Gasteiger partial charge is 0.466 e. The van der Waals surface area contributed by atoms with E-state index in [1.807, 2.05) is 13.8 Å². The summed E-state index contributed by atoms with van der Waals surface area (Å²) in [5.74, 6) is 1.00. The zero-order chi connectivity index (χ0) is 21.6. The van der Waals surface area contributed by atoms with Gasteiger partial charge in [-0.3, -0.25) is 4.79 Å². The maximum Gasteiger partial charge on any atom is 0.305 e. The smallest absolute Gasteiger partial charge is 0.305 e. The van der Waals surface area contributed by atoms with Crippen molar-refractivity contribution >= 4 is 5.97 Å². The number of hydroxylamine groups is 2. The second-order valence-corrected chi connectivity index (χ2v) is 8.83. The van der Waals surface area contributed by atoms with E-state index in [0.717, 1.165) is 0 Å². The van der Waals surface area contributed by atoms with Crippen molar-refractivity contribution in [3.05, 3.63) is 34.4 Å². The topological polar surface area (TPSA) is 49.8 Å². The minimum absolute atomic E-state index is 0.135. The molecule has 0 bridgehead atoms. The Morgan fingerprint density at radius 2 is 1.46 bits per heavy atom. The number of nitrogens with zero attached hydrogens (tertiary/aromatic N) is 1. The quantitative estimate of drug-likeness (QED) is 0.363. The van der Waals surface area contributed by atoms with E-state index in [2.05, 4.69) is 60.6 Å². The lowest BCUT2D eigenvalue weighted by atomic mass is 9.81. The number of ether oxygens (including phenoxy) is 1. The SMILES string of the molecule is CCOC(=O)CCC(C)N(O)C(C)c1c(C(C)C)cc(C(C)C)cc1C(C)C. The van der Waals surface area contributed by atoms with Crippen molar-refractivity contribution in [3.8, 4) is 0 Å². The van der Waals surface area contributed by atoms with Gasteiger partial charge in [-0.05, 0) is 67.2 Å². The van der Waals surface area contributed by atoms with Crippen molar-refractivity contribution < 1.29 is 14.7 Å². The highest BCUT2D eigenvalue weighted by Crippen LogP contribution is 2.38. The zero-order valence-electron chi connectivity index (χ0n) is 19.4. The van der Waals surface area contributed by atoms with Gasteiger partial charge in [-0.1, -0.05) is 53.7 Å². The van der Waals surface area contributed by atoms with Crippen LogP contribution in [0.25, 0.3) is 0 Å². The van der Waals surface area contributed by atoms with Crippen LogP contribution in [-0.4, -0.2) is 28.9 Å². The molecule has 0 aromatic heterocycles. The van der Waals surface area contributed by atoms with Crippen LogP contribution in [0.3, 0.4) is 0 Å². The van der Waals surface area contributed by atoms with Gasteiger partial charge in [0.15, 0.2) is 0 Å². The number of carbonyl (C=O) groups is 1. The first-order chi connectivity index (χ1) is 13.0. The molecule has 0 spiro atoms. The minimum Gasteiger partial charge on any atom is -0.466 e. The molecular formula is C24H41NO3. The average molecular weight is 392 g/mol. The van der Waals surface area contributed by atoms with Crippen LogP contribution in [0, 0.1) is 0 Å². The molecule has 2 atom stereocenters. The van der Waals surface area contributed by atoms with Crippen LogP contribution in [0.2, 0.25) is 0 Å². The fourth-order valence-electron chi connectivity index (χ4n) is 3.70. The fraction of sp³-hybridized carbons (Fsp3) is 0.708. The van der Waals surface area contributed by atoms with Crippen LogP contribution >= 0.6 is 0 Å². The molecule has 1 aromatic rings. The number of hydrogen-bond acceptors (Lipinski definition) is 4. The Balaban J connectivity index is 3.23. The third-order valence-electron chi connectivity index (χ3n) is 5.51. The predicted octanol–water partition coefficient (Wildman–Crippen LogP) is 6.54. The van der Waals surface area contributed by atoms with Gasteiger partial charge in [-0.2, -0.15) is 5.06 Å². The van der Waals surface area contributed by atoms with Gasteiger partial charge in [0.2, 0.25) is 0 Å². The van der Waals surface area contributed by atoms with Gasteiger partial charge in [0.1, 0.15) is 0 Å². The Hall–Kier alpha value is -1.39. The molecule has 0 amide bonds. The zero-order valence-corrected chi connectivity index (χ0v) is 19.4. The van der Waals surface area contributed by atoms with Crippen LogP contribution in [0.1, 0.15) is 121 Å². The summed E-state index contributed by atoms with van der Waals surface area (Å²) in [6.07, 6.45) is 0.886. The summed E-state index contributed by atoms with van der Waals surface area (Å²) in [4.78, 5) is 11.7. The first kappa shape index (κ1) is 24.6. The molecule has 0 saturated heterocycles. The van der Waals surface area contributed by atoms with Crippen LogP contribution < -0.4 is 0 Å². The van der Waals surface area contributed by atoms with Crippen molar-refractivity contribution in [1.29, 1.82) is 0 Å². The summed E-state index contributed by atoms with van der Waals surface area (Å²) in [6.45, 7) is 19.5. The van der Waals surface area contributed by atoms with Crippen molar-refractivity contribution in [1.82, 2.24) is 5.06 Å². The van der Waals surface area contributed by atoms with E-state index in [9.17, 15) is 10.0 Å². The molecule has 4 nitrogen and oxygen atoms in total. The Labute approximate surface area is 172 Å². The van der Waals surface area contributed by atoms with Crippen LogP contribution in [0.15, 0.2) is 12.1 Å². The summed E-state index contributed by atoms with van der Waals surface area (Å²) in [5.41, 5.74) is 5.18. The lowest BCUT2D eigenvalue weighted by Crippen LogP contribution is -2.34. The van der Waals surface area contributed by atoms with Crippen LogP contribution in [0.4, 0.5) is 0 Å². The normalized spacial score (nSPS) is 14.2. The second-order valence-electron chi connectivity index (χ2n) is 8.83. The molecule has 0 aliphatic carbocycles. The van der Waals surface area contributed by atoms with Crippen LogP contribution in [0.5, 0.6) is 0 Å². The molecule has 160 valence electrons. The van der Waals surface area contributed by atoms with Gasteiger partial charge in [-0.25, -0.2) is 0 Å². The first-order valence-corrected chi connectivity index (χ1v) is 10.8. The number of rotatable bonds is 10. The van der Waals surface area contributed by atoms with E-state index in [0.29, 0.717) is 37.2 Å². The van der Waals surface area contributed by atoms with Crippen molar-refractivity contribution in [3.63, 3.8) is 0 Å². The van der Waals surface area contributed by atoms with E-state index >= 15 is 0 Å². The highest BCUT2D eigenvalue weighted by Gasteiger charge is 2.27. The van der Waals surface area contributed by atoms with Gasteiger partial charge in [0.05, 0.1) is 12.6 Å². The second kappa shape index (κ2) is 11.0. The molecule has 0 aliphatic heterocycles. The van der Waals surface area contributed by atoms with E-state index in [4.69, 9.17) is 4.74 Å². The molecule has 1 N–H and O–H groups in total. The number of benzene rings is 1. The van der Waals surface area contributed by atoms with E-state index in [1.165, 1.54) is 27.3 Å². The average Bonchev–Trinajstić information content (AvgIpc) is 2.63. The first-order valence-electron chi connectivity index (χ1n) is 10.8. The summed E-state index contributed by atoms with van der Waals surface area (Å²) >= 11 is 0. The lowest BCUT2D eigenvalue weighted by Gasteiger charge is -2.33. The summed E-state index contributed by atoms with van der Waals surface area (Å²) in [6, 6.07) is 4.34. The van der Waals surface area contributed by atoms with E-state index in [1.54, 1.807) is 0 Å². The van der Waals surface area contributed by atoms with E-state index in [-0.39, 0.29) is 18.1 Å². The molecule has 2 unspecified atom stereocenters. The fourth-order valence-corrected chi connectivity index (χ4v) is 3.70. The third kappa shape index (κ3) is 6.31. The Morgan fingerprint density at radius 1 is 0.964 bits per heavy atom. The van der Waals surface area contributed by atoms with Crippen molar-refractivity contribution in [2.75, 3.05) is 6.61 Å². The van der Waals surface area contributed by atoms with Crippen LogP contribution in [-0.2, 0) is 9.53 Å². The molecule has 0 fully saturated rings. The molecule has 28 heavy (non-hydrogen) atoms. The van der Waals surface area contributed by atoms with Crippen molar-refractivity contribution in [2.24, 2.45) is 0 Å². The number of hydrogen-bond donors (Lipinski definition) is 1. The van der Waals surface area contributed by atoms with Gasteiger partial charge < -0.3 is 9.94 Å². The molecule has 0 radical (unpaired) electrons. The highest BCUT2D eigenvalue weighted by atomic mass is 16.5. The lowest BCUT2D eigenvalue weighted by molar-refractivity contribution is -0.159.